The Labute approximate surface area is 139 Å². The van der Waals surface area contributed by atoms with E-state index in [0.717, 1.165) is 11.3 Å². The minimum atomic E-state index is -1.76. The summed E-state index contributed by atoms with van der Waals surface area (Å²) < 4.78 is 66.8. The minimum Gasteiger partial charge on any atom is -0.328 e. The summed E-state index contributed by atoms with van der Waals surface area (Å²) in [7, 11) is 0. The zero-order valence-electron chi connectivity index (χ0n) is 11.4. The number of nitrogens with one attached hydrogen (secondary N) is 1. The van der Waals surface area contributed by atoms with E-state index in [1.54, 1.807) is 6.07 Å². The Balaban J connectivity index is 1.84. The molecule has 0 saturated heterocycles. The molecule has 4 nitrogen and oxygen atoms in total. The molecule has 124 valence electrons. The Morgan fingerprint density at radius 1 is 0.917 bits per heavy atom. The van der Waals surface area contributed by atoms with Gasteiger partial charge in [0.25, 0.3) is 11.9 Å². The molecule has 0 amide bonds. The van der Waals surface area contributed by atoms with Gasteiger partial charge in [-0.05, 0) is 12.1 Å². The molecule has 0 aliphatic heterocycles. The molecule has 0 fully saturated rings. The molecule has 24 heavy (non-hydrogen) atoms. The molecule has 0 bridgehead atoms. The number of benzene rings is 1. The summed E-state index contributed by atoms with van der Waals surface area (Å²) in [5.74, 6) is -7.30. The number of pyridine rings is 1. The SMILES string of the molecule is Fc1ccccc1Nc1nnc(Sc2c(F)c(F)nc(F)c2F)s1. The summed E-state index contributed by atoms with van der Waals surface area (Å²) in [5, 5.41) is 10.1. The van der Waals surface area contributed by atoms with E-state index >= 15 is 0 Å². The van der Waals surface area contributed by atoms with Gasteiger partial charge in [-0.25, -0.2) is 13.2 Å². The van der Waals surface area contributed by atoms with Crippen molar-refractivity contribution in [2.75, 3.05) is 5.32 Å². The molecule has 3 rings (SSSR count). The van der Waals surface area contributed by atoms with Gasteiger partial charge >= 0.3 is 0 Å². The fraction of sp³-hybridized carbons (Fsp3) is 0. The highest BCUT2D eigenvalue weighted by molar-refractivity contribution is 8.01. The molecule has 2 heterocycles. The zero-order valence-corrected chi connectivity index (χ0v) is 13.0. The number of para-hydroxylation sites is 1. The van der Waals surface area contributed by atoms with Crippen LogP contribution in [0.3, 0.4) is 0 Å². The van der Waals surface area contributed by atoms with Crippen LogP contribution in [0.5, 0.6) is 0 Å². The molecule has 0 saturated carbocycles. The number of nitrogens with zero attached hydrogens (tertiary/aromatic N) is 3. The Bertz CT molecular complexity index is 876. The van der Waals surface area contributed by atoms with Crippen molar-refractivity contribution < 1.29 is 22.0 Å². The van der Waals surface area contributed by atoms with E-state index in [0.29, 0.717) is 11.8 Å². The van der Waals surface area contributed by atoms with Crippen LogP contribution in [-0.2, 0) is 0 Å². The topological polar surface area (TPSA) is 50.7 Å². The highest BCUT2D eigenvalue weighted by Gasteiger charge is 2.23. The lowest BCUT2D eigenvalue weighted by Gasteiger charge is -2.03. The average molecular weight is 376 g/mol. The van der Waals surface area contributed by atoms with Gasteiger partial charge in [-0.3, -0.25) is 0 Å². The summed E-state index contributed by atoms with van der Waals surface area (Å²) in [6.07, 6.45) is 0. The Kier molecular flexibility index (Phi) is 4.62. The lowest BCUT2D eigenvalue weighted by molar-refractivity contribution is 0.383. The number of hydrogen-bond acceptors (Lipinski definition) is 6. The van der Waals surface area contributed by atoms with Gasteiger partial charge in [-0.1, -0.05) is 35.2 Å². The summed E-state index contributed by atoms with van der Waals surface area (Å²) in [6.45, 7) is 0. The van der Waals surface area contributed by atoms with Gasteiger partial charge in [0.1, 0.15) is 5.82 Å². The molecule has 3 aromatic rings. The van der Waals surface area contributed by atoms with Crippen molar-refractivity contribution in [3.05, 3.63) is 53.6 Å². The van der Waals surface area contributed by atoms with Gasteiger partial charge in [0.15, 0.2) is 16.0 Å². The molecule has 2 aromatic heterocycles. The number of anilines is 2. The molecule has 0 unspecified atom stereocenters. The van der Waals surface area contributed by atoms with Crippen LogP contribution in [0, 0.1) is 29.3 Å². The van der Waals surface area contributed by atoms with Crippen molar-refractivity contribution in [2.24, 2.45) is 0 Å². The molecule has 1 aromatic carbocycles. The third kappa shape index (κ3) is 3.31. The maximum absolute atomic E-state index is 13.6. The predicted octanol–water partition coefficient (Wildman–Crippen LogP) is 4.52. The molecule has 0 atom stereocenters. The average Bonchev–Trinajstić information content (AvgIpc) is 2.99. The van der Waals surface area contributed by atoms with E-state index in [9.17, 15) is 22.0 Å². The molecule has 0 aliphatic carbocycles. The van der Waals surface area contributed by atoms with E-state index < -0.39 is 34.2 Å². The van der Waals surface area contributed by atoms with Crippen LogP contribution in [-0.4, -0.2) is 15.2 Å². The maximum atomic E-state index is 13.6. The van der Waals surface area contributed by atoms with Crippen LogP contribution in [0.2, 0.25) is 0 Å². The number of rotatable bonds is 4. The first-order chi connectivity index (χ1) is 11.5. The molecule has 0 radical (unpaired) electrons. The number of halogens is 5. The first-order valence-corrected chi connectivity index (χ1v) is 7.82. The second-order valence-corrected chi connectivity index (χ2v) is 6.47. The highest BCUT2D eigenvalue weighted by atomic mass is 32.2. The predicted molar refractivity (Wildman–Crippen MR) is 77.8 cm³/mol. The van der Waals surface area contributed by atoms with Crippen molar-refractivity contribution in [3.63, 3.8) is 0 Å². The fourth-order valence-corrected chi connectivity index (χ4v) is 3.37. The van der Waals surface area contributed by atoms with Crippen LogP contribution in [0.4, 0.5) is 32.8 Å². The quantitative estimate of drug-likeness (QED) is 0.536. The van der Waals surface area contributed by atoms with Crippen LogP contribution >= 0.6 is 23.1 Å². The van der Waals surface area contributed by atoms with Gasteiger partial charge in [-0.15, -0.1) is 10.2 Å². The normalized spacial score (nSPS) is 10.9. The van der Waals surface area contributed by atoms with Crippen molar-refractivity contribution in [1.82, 2.24) is 15.2 Å². The third-order valence-corrected chi connectivity index (χ3v) is 4.62. The van der Waals surface area contributed by atoms with Crippen molar-refractivity contribution in [1.29, 1.82) is 0 Å². The molecule has 0 aliphatic rings. The number of aromatic nitrogens is 3. The van der Waals surface area contributed by atoms with Gasteiger partial charge in [0.2, 0.25) is 5.13 Å². The second kappa shape index (κ2) is 6.69. The number of hydrogen-bond donors (Lipinski definition) is 1. The summed E-state index contributed by atoms with van der Waals surface area (Å²) in [6, 6.07) is 5.78. The molecule has 1 N–H and O–H groups in total. The van der Waals surface area contributed by atoms with Crippen LogP contribution in [0.25, 0.3) is 0 Å². The standard InChI is InChI=1S/C13H5F5N4S2/c14-5-3-1-2-4-6(5)19-12-21-22-13(24-12)23-9-7(15)10(17)20-11(18)8(9)16/h1-4H,(H,19,21). The monoisotopic (exact) mass is 376 g/mol. The lowest BCUT2D eigenvalue weighted by atomic mass is 10.3. The summed E-state index contributed by atoms with van der Waals surface area (Å²) in [5.41, 5.74) is 0.128. The summed E-state index contributed by atoms with van der Waals surface area (Å²) >= 11 is 1.17. The molecular weight excluding hydrogens is 371 g/mol. The lowest BCUT2D eigenvalue weighted by Crippen LogP contribution is -2.01. The third-order valence-electron chi connectivity index (χ3n) is 2.67. The van der Waals surface area contributed by atoms with E-state index in [1.165, 1.54) is 18.2 Å². The van der Waals surface area contributed by atoms with E-state index in [1.807, 2.05) is 0 Å². The Morgan fingerprint density at radius 2 is 1.58 bits per heavy atom. The van der Waals surface area contributed by atoms with Crippen LogP contribution in [0.15, 0.2) is 33.5 Å². The molecular formula is C13H5F5N4S2. The second-order valence-electron chi connectivity index (χ2n) is 4.23. The van der Waals surface area contributed by atoms with Crippen molar-refractivity contribution >= 4 is 33.9 Å². The Hall–Kier alpha value is -2.27. The zero-order chi connectivity index (χ0) is 17.3. The smallest absolute Gasteiger partial charge is 0.252 e. The first kappa shape index (κ1) is 16.6. The Morgan fingerprint density at radius 3 is 2.25 bits per heavy atom. The largest absolute Gasteiger partial charge is 0.328 e. The molecule has 0 spiro atoms. The van der Waals surface area contributed by atoms with Crippen LogP contribution < -0.4 is 5.32 Å². The maximum Gasteiger partial charge on any atom is 0.252 e. The van der Waals surface area contributed by atoms with Gasteiger partial charge < -0.3 is 5.32 Å². The van der Waals surface area contributed by atoms with Crippen molar-refractivity contribution in [2.45, 2.75) is 9.24 Å². The van der Waals surface area contributed by atoms with E-state index in [2.05, 4.69) is 20.5 Å². The van der Waals surface area contributed by atoms with Gasteiger partial charge in [0, 0.05) is 0 Å². The minimum absolute atomic E-state index is 0.00311. The molecule has 11 heteroatoms. The fourth-order valence-electron chi connectivity index (χ4n) is 1.62. The van der Waals surface area contributed by atoms with E-state index in [-0.39, 0.29) is 15.2 Å². The van der Waals surface area contributed by atoms with Gasteiger partial charge in [-0.2, -0.15) is 13.8 Å². The van der Waals surface area contributed by atoms with E-state index in [4.69, 9.17) is 0 Å². The first-order valence-electron chi connectivity index (χ1n) is 6.18. The van der Waals surface area contributed by atoms with Crippen molar-refractivity contribution in [3.8, 4) is 0 Å². The summed E-state index contributed by atoms with van der Waals surface area (Å²) in [4.78, 5) is 1.54. The van der Waals surface area contributed by atoms with Crippen LogP contribution in [0.1, 0.15) is 0 Å². The van der Waals surface area contributed by atoms with Gasteiger partial charge in [0.05, 0.1) is 10.6 Å². The highest BCUT2D eigenvalue weighted by Crippen LogP contribution is 2.36.